The number of guanidine groups is 1. The number of hydrogen-bond donors (Lipinski definition) is 1. The lowest BCUT2D eigenvalue weighted by Gasteiger charge is -2.17. The number of aliphatic imine (C=N–C) groups is 1. The Balaban J connectivity index is 0.00000324. The zero-order chi connectivity index (χ0) is 13.5. The van der Waals surface area contributed by atoms with Crippen molar-refractivity contribution in [3.63, 3.8) is 0 Å². The molecule has 6 heteroatoms. The van der Waals surface area contributed by atoms with Gasteiger partial charge in [-0.2, -0.15) is 0 Å². The van der Waals surface area contributed by atoms with E-state index in [-0.39, 0.29) is 24.0 Å². The fraction of sp³-hybridized carbons (Fsp3) is 0.462. The van der Waals surface area contributed by atoms with Crippen molar-refractivity contribution in [1.82, 2.24) is 4.90 Å². The second kappa shape index (κ2) is 8.84. The first-order valence-corrected chi connectivity index (χ1v) is 5.76. The van der Waals surface area contributed by atoms with E-state index in [0.29, 0.717) is 5.96 Å². The molecule has 0 aromatic heterocycles. The summed E-state index contributed by atoms with van der Waals surface area (Å²) in [5.41, 5.74) is 6.88. The van der Waals surface area contributed by atoms with E-state index in [2.05, 4.69) is 4.99 Å². The minimum Gasteiger partial charge on any atom is -0.493 e. The minimum absolute atomic E-state index is 0. The Morgan fingerprint density at radius 1 is 1.26 bits per heavy atom. The molecule has 0 bridgehead atoms. The molecule has 1 rings (SSSR count). The molecule has 0 fully saturated rings. The van der Waals surface area contributed by atoms with Crippen LogP contribution in [0.5, 0.6) is 11.5 Å². The molecule has 0 aliphatic rings. The molecule has 0 spiro atoms. The van der Waals surface area contributed by atoms with E-state index in [0.717, 1.165) is 24.5 Å². The van der Waals surface area contributed by atoms with Crippen LogP contribution in [0, 0.1) is 0 Å². The van der Waals surface area contributed by atoms with Gasteiger partial charge in [0.25, 0.3) is 0 Å². The van der Waals surface area contributed by atoms with Crippen LogP contribution in [0.15, 0.2) is 23.2 Å². The lowest BCUT2D eigenvalue weighted by Crippen LogP contribution is -2.35. The van der Waals surface area contributed by atoms with Gasteiger partial charge in [-0.25, -0.2) is 0 Å². The van der Waals surface area contributed by atoms with Crippen molar-refractivity contribution < 1.29 is 9.47 Å². The molecule has 0 saturated heterocycles. The summed E-state index contributed by atoms with van der Waals surface area (Å²) in [5.74, 6) is 2.02. The van der Waals surface area contributed by atoms with Crippen LogP contribution in [0.1, 0.15) is 5.56 Å². The Labute approximate surface area is 131 Å². The van der Waals surface area contributed by atoms with E-state index in [1.54, 1.807) is 21.3 Å². The Bertz CT molecular complexity index is 424. The molecule has 2 N–H and O–H groups in total. The SMILES string of the molecule is CN=C(N)N(C)CCc1ccc(OC)c(OC)c1.I. The maximum absolute atomic E-state index is 5.71. The first-order chi connectivity index (χ1) is 8.62. The molecule has 5 nitrogen and oxygen atoms in total. The Hall–Kier alpha value is -1.18. The summed E-state index contributed by atoms with van der Waals surface area (Å²) in [6, 6.07) is 5.91. The summed E-state index contributed by atoms with van der Waals surface area (Å²) in [6.45, 7) is 0.804. The Morgan fingerprint density at radius 2 is 1.89 bits per heavy atom. The molecule has 0 aliphatic heterocycles. The molecular weight excluding hydrogens is 357 g/mol. The lowest BCUT2D eigenvalue weighted by atomic mass is 10.1. The minimum atomic E-state index is 0. The van der Waals surface area contributed by atoms with Crippen LogP contribution in [-0.2, 0) is 6.42 Å². The number of ether oxygens (including phenoxy) is 2. The number of halogens is 1. The number of nitrogens with two attached hydrogens (primary N) is 1. The predicted molar refractivity (Wildman–Crippen MR) is 88.8 cm³/mol. The lowest BCUT2D eigenvalue weighted by molar-refractivity contribution is 0.354. The third-order valence-electron chi connectivity index (χ3n) is 2.80. The molecule has 0 unspecified atom stereocenters. The number of hydrogen-bond acceptors (Lipinski definition) is 3. The van der Waals surface area contributed by atoms with Gasteiger partial charge < -0.3 is 20.1 Å². The summed E-state index contributed by atoms with van der Waals surface area (Å²) in [7, 11) is 6.87. The third-order valence-corrected chi connectivity index (χ3v) is 2.80. The van der Waals surface area contributed by atoms with Crippen LogP contribution in [-0.4, -0.2) is 45.7 Å². The zero-order valence-electron chi connectivity index (χ0n) is 11.8. The second-order valence-corrected chi connectivity index (χ2v) is 3.94. The maximum atomic E-state index is 5.71. The second-order valence-electron chi connectivity index (χ2n) is 3.94. The molecule has 0 amide bonds. The Kier molecular flexibility index (Phi) is 8.29. The van der Waals surface area contributed by atoms with Gasteiger partial charge in [0, 0.05) is 20.6 Å². The highest BCUT2D eigenvalue weighted by molar-refractivity contribution is 14.0. The van der Waals surface area contributed by atoms with E-state index in [4.69, 9.17) is 15.2 Å². The predicted octanol–water partition coefficient (Wildman–Crippen LogP) is 1.74. The number of methoxy groups -OCH3 is 2. The molecule has 0 saturated carbocycles. The standard InChI is InChI=1S/C13H21N3O2.HI/c1-15-13(14)16(2)8-7-10-5-6-11(17-3)12(9-10)18-4;/h5-6,9H,7-8H2,1-4H3,(H2,14,15);1H. The number of likely N-dealkylation sites (N-methyl/N-ethyl adjacent to an activating group) is 1. The van der Waals surface area contributed by atoms with Gasteiger partial charge in [-0.05, 0) is 24.1 Å². The monoisotopic (exact) mass is 379 g/mol. The fourth-order valence-electron chi connectivity index (χ4n) is 1.62. The molecule has 108 valence electrons. The van der Waals surface area contributed by atoms with E-state index >= 15 is 0 Å². The summed E-state index contributed by atoms with van der Waals surface area (Å²) in [4.78, 5) is 5.85. The first-order valence-electron chi connectivity index (χ1n) is 5.76. The van der Waals surface area contributed by atoms with Crippen LogP contribution in [0.2, 0.25) is 0 Å². The molecular formula is C13H22IN3O2. The van der Waals surface area contributed by atoms with Crippen molar-refractivity contribution >= 4 is 29.9 Å². The average molecular weight is 379 g/mol. The highest BCUT2D eigenvalue weighted by atomic mass is 127. The Morgan fingerprint density at radius 3 is 2.42 bits per heavy atom. The van der Waals surface area contributed by atoms with E-state index in [1.807, 2.05) is 30.1 Å². The van der Waals surface area contributed by atoms with E-state index in [1.165, 1.54) is 5.56 Å². The van der Waals surface area contributed by atoms with Gasteiger partial charge in [-0.1, -0.05) is 6.07 Å². The van der Waals surface area contributed by atoms with Gasteiger partial charge in [0.05, 0.1) is 14.2 Å². The number of nitrogens with zero attached hydrogens (tertiary/aromatic N) is 2. The van der Waals surface area contributed by atoms with Gasteiger partial charge in [-0.15, -0.1) is 24.0 Å². The molecule has 1 aromatic rings. The highest BCUT2D eigenvalue weighted by Gasteiger charge is 2.06. The third kappa shape index (κ3) is 5.14. The summed E-state index contributed by atoms with van der Waals surface area (Å²) in [5, 5.41) is 0. The topological polar surface area (TPSA) is 60.1 Å². The zero-order valence-corrected chi connectivity index (χ0v) is 14.2. The fourth-order valence-corrected chi connectivity index (χ4v) is 1.62. The van der Waals surface area contributed by atoms with Gasteiger partial charge >= 0.3 is 0 Å². The molecule has 0 aliphatic carbocycles. The van der Waals surface area contributed by atoms with Crippen molar-refractivity contribution in [2.24, 2.45) is 10.7 Å². The molecule has 1 aromatic carbocycles. The number of benzene rings is 1. The van der Waals surface area contributed by atoms with Crippen LogP contribution >= 0.6 is 24.0 Å². The maximum Gasteiger partial charge on any atom is 0.190 e. The molecule has 0 radical (unpaired) electrons. The molecule has 0 heterocycles. The molecule has 0 atom stereocenters. The van der Waals surface area contributed by atoms with Crippen LogP contribution in [0.25, 0.3) is 0 Å². The molecule has 19 heavy (non-hydrogen) atoms. The highest BCUT2D eigenvalue weighted by Crippen LogP contribution is 2.27. The van der Waals surface area contributed by atoms with Crippen molar-refractivity contribution in [2.75, 3.05) is 34.9 Å². The van der Waals surface area contributed by atoms with E-state index in [9.17, 15) is 0 Å². The van der Waals surface area contributed by atoms with Crippen molar-refractivity contribution in [3.05, 3.63) is 23.8 Å². The normalized spacial score (nSPS) is 10.6. The summed E-state index contributed by atoms with van der Waals surface area (Å²) < 4.78 is 10.5. The van der Waals surface area contributed by atoms with Crippen molar-refractivity contribution in [1.29, 1.82) is 0 Å². The largest absolute Gasteiger partial charge is 0.493 e. The van der Waals surface area contributed by atoms with Crippen LogP contribution in [0.3, 0.4) is 0 Å². The van der Waals surface area contributed by atoms with Crippen LogP contribution < -0.4 is 15.2 Å². The van der Waals surface area contributed by atoms with Gasteiger partial charge in [-0.3, -0.25) is 4.99 Å². The summed E-state index contributed by atoms with van der Waals surface area (Å²) >= 11 is 0. The smallest absolute Gasteiger partial charge is 0.190 e. The average Bonchev–Trinajstić information content (AvgIpc) is 2.43. The van der Waals surface area contributed by atoms with Crippen molar-refractivity contribution in [3.8, 4) is 11.5 Å². The summed E-state index contributed by atoms with van der Waals surface area (Å²) in [6.07, 6.45) is 0.868. The van der Waals surface area contributed by atoms with Crippen molar-refractivity contribution in [2.45, 2.75) is 6.42 Å². The van der Waals surface area contributed by atoms with Gasteiger partial charge in [0.15, 0.2) is 17.5 Å². The van der Waals surface area contributed by atoms with Gasteiger partial charge in [0.2, 0.25) is 0 Å². The van der Waals surface area contributed by atoms with Gasteiger partial charge in [0.1, 0.15) is 0 Å². The number of rotatable bonds is 5. The van der Waals surface area contributed by atoms with Crippen LogP contribution in [0.4, 0.5) is 0 Å². The van der Waals surface area contributed by atoms with E-state index < -0.39 is 0 Å². The first kappa shape index (κ1) is 17.8. The quantitative estimate of drug-likeness (QED) is 0.481.